The Hall–Kier alpha value is -1.25. The van der Waals surface area contributed by atoms with Gasteiger partial charge in [0.15, 0.2) is 14.5 Å². The van der Waals surface area contributed by atoms with Gasteiger partial charge in [-0.05, 0) is 43.0 Å². The molecule has 0 aromatic carbocycles. The predicted octanol–water partition coefficient (Wildman–Crippen LogP) is 3.25. The van der Waals surface area contributed by atoms with Crippen LogP contribution in [0.5, 0.6) is 0 Å². The van der Waals surface area contributed by atoms with Crippen LogP contribution in [0.1, 0.15) is 46.3 Å². The summed E-state index contributed by atoms with van der Waals surface area (Å²) in [7, 11) is -1.98. The average Bonchev–Trinajstić information content (AvgIpc) is 3.30. The summed E-state index contributed by atoms with van der Waals surface area (Å²) in [5, 5.41) is 0.0721. The van der Waals surface area contributed by atoms with Gasteiger partial charge in [-0.3, -0.25) is 4.57 Å². The van der Waals surface area contributed by atoms with Gasteiger partial charge in [0, 0.05) is 12.6 Å². The van der Waals surface area contributed by atoms with Gasteiger partial charge in [0.25, 0.3) is 0 Å². The number of nitrogens with two attached hydrogens (primary N) is 1. The quantitative estimate of drug-likeness (QED) is 0.790. The lowest BCUT2D eigenvalue weighted by Crippen LogP contribution is -2.47. The molecule has 1 aromatic rings. The first kappa shape index (κ1) is 19.5. The molecule has 146 valence electrons. The number of halogens is 1. The molecule has 2 fully saturated rings. The SMILES string of the molecule is CC(C)(C)[Si](C)(C)OC[C@]1(C2CC2)C[C@H](F)[C@H](n2ccc(N)nc2=O)O1. The molecule has 1 saturated heterocycles. The molecule has 2 aliphatic rings. The fourth-order valence-electron chi connectivity index (χ4n) is 3.25. The van der Waals surface area contributed by atoms with Crippen molar-refractivity contribution in [2.24, 2.45) is 5.92 Å². The minimum atomic E-state index is -1.98. The first-order chi connectivity index (χ1) is 12.0. The molecule has 2 N–H and O–H groups in total. The fraction of sp³-hybridized carbons (Fsp3) is 0.778. The standard InChI is InChI=1S/C18H30FN3O3Si/c1-17(2,3)26(4,5)24-11-18(12-6-7-12)10-13(19)15(25-18)22-9-8-14(20)21-16(22)23/h8-9,12-13,15H,6-7,10-11H2,1-5H3,(H2,20,21,23)/t13-,15+,18-/m0/s1. The number of hydrogen-bond donors (Lipinski definition) is 1. The largest absolute Gasteiger partial charge is 0.414 e. The van der Waals surface area contributed by atoms with E-state index in [-0.39, 0.29) is 23.2 Å². The van der Waals surface area contributed by atoms with E-state index in [1.807, 2.05) is 0 Å². The van der Waals surface area contributed by atoms with Crippen LogP contribution in [0, 0.1) is 5.92 Å². The van der Waals surface area contributed by atoms with Crippen LogP contribution in [0.3, 0.4) is 0 Å². The lowest BCUT2D eigenvalue weighted by atomic mass is 9.94. The van der Waals surface area contributed by atoms with E-state index in [9.17, 15) is 9.18 Å². The second kappa shape index (κ2) is 6.42. The number of rotatable bonds is 5. The van der Waals surface area contributed by atoms with Gasteiger partial charge in [-0.2, -0.15) is 4.98 Å². The average molecular weight is 384 g/mol. The van der Waals surface area contributed by atoms with Gasteiger partial charge in [-0.1, -0.05) is 20.8 Å². The van der Waals surface area contributed by atoms with Gasteiger partial charge in [-0.15, -0.1) is 0 Å². The Morgan fingerprint density at radius 2 is 2.12 bits per heavy atom. The van der Waals surface area contributed by atoms with Crippen LogP contribution in [-0.2, 0) is 9.16 Å². The Labute approximate surface area is 155 Å². The van der Waals surface area contributed by atoms with Crippen LogP contribution in [0.25, 0.3) is 0 Å². The van der Waals surface area contributed by atoms with Crippen molar-refractivity contribution >= 4 is 14.1 Å². The molecule has 1 aromatic heterocycles. The lowest BCUT2D eigenvalue weighted by molar-refractivity contribution is -0.114. The van der Waals surface area contributed by atoms with E-state index in [1.165, 1.54) is 16.8 Å². The molecule has 1 aliphatic heterocycles. The number of hydrogen-bond acceptors (Lipinski definition) is 5. The zero-order chi connectivity index (χ0) is 19.3. The zero-order valence-electron chi connectivity index (χ0n) is 16.3. The van der Waals surface area contributed by atoms with E-state index in [1.54, 1.807) is 0 Å². The summed E-state index contributed by atoms with van der Waals surface area (Å²) >= 11 is 0. The molecule has 26 heavy (non-hydrogen) atoms. The van der Waals surface area contributed by atoms with Crippen molar-refractivity contribution in [2.75, 3.05) is 12.3 Å². The Morgan fingerprint density at radius 3 is 2.65 bits per heavy atom. The summed E-state index contributed by atoms with van der Waals surface area (Å²) in [6.45, 7) is 11.3. The van der Waals surface area contributed by atoms with E-state index in [0.29, 0.717) is 6.61 Å². The van der Waals surface area contributed by atoms with Crippen LogP contribution >= 0.6 is 0 Å². The Kier molecular flexibility index (Phi) is 4.82. The van der Waals surface area contributed by atoms with Crippen LogP contribution in [0.2, 0.25) is 18.1 Å². The summed E-state index contributed by atoms with van der Waals surface area (Å²) in [4.78, 5) is 15.8. The second-order valence-corrected chi connectivity index (χ2v) is 14.0. The molecule has 6 nitrogen and oxygen atoms in total. The van der Waals surface area contributed by atoms with E-state index >= 15 is 0 Å². The molecule has 0 bridgehead atoms. The molecule has 1 aliphatic carbocycles. The summed E-state index contributed by atoms with van der Waals surface area (Å²) in [5.41, 5.74) is 4.28. The van der Waals surface area contributed by atoms with Crippen molar-refractivity contribution in [3.63, 3.8) is 0 Å². The zero-order valence-corrected chi connectivity index (χ0v) is 17.3. The molecular formula is C18H30FN3O3Si. The molecule has 1 saturated carbocycles. The van der Waals surface area contributed by atoms with Gasteiger partial charge in [0.2, 0.25) is 0 Å². The molecule has 2 heterocycles. The normalized spacial score (nSPS) is 29.9. The maximum Gasteiger partial charge on any atom is 0.351 e. The Bertz CT molecular complexity index is 729. The monoisotopic (exact) mass is 383 g/mol. The third-order valence-corrected chi connectivity index (χ3v) is 10.6. The van der Waals surface area contributed by atoms with Crippen molar-refractivity contribution in [3.05, 3.63) is 22.7 Å². The van der Waals surface area contributed by atoms with Gasteiger partial charge < -0.3 is 14.9 Å². The van der Waals surface area contributed by atoms with Gasteiger partial charge in [0.1, 0.15) is 12.0 Å². The Balaban J connectivity index is 1.82. The predicted molar refractivity (Wildman–Crippen MR) is 101 cm³/mol. The number of alkyl halides is 1. The van der Waals surface area contributed by atoms with Gasteiger partial charge in [0.05, 0.1) is 12.2 Å². The number of nitrogens with zero attached hydrogens (tertiary/aromatic N) is 2. The molecule has 0 unspecified atom stereocenters. The van der Waals surface area contributed by atoms with Crippen LogP contribution in [0.15, 0.2) is 17.1 Å². The highest BCUT2D eigenvalue weighted by atomic mass is 28.4. The molecule has 0 amide bonds. The highest BCUT2D eigenvalue weighted by molar-refractivity contribution is 6.74. The van der Waals surface area contributed by atoms with E-state index in [4.69, 9.17) is 14.9 Å². The maximum atomic E-state index is 14.9. The molecule has 0 radical (unpaired) electrons. The topological polar surface area (TPSA) is 79.4 Å². The molecule has 0 spiro atoms. The molecular weight excluding hydrogens is 353 g/mol. The molecule has 8 heteroatoms. The third kappa shape index (κ3) is 3.59. The number of anilines is 1. The number of nitrogen functional groups attached to an aromatic ring is 1. The van der Waals surface area contributed by atoms with Crippen LogP contribution in [-0.4, -0.2) is 36.2 Å². The molecule has 3 rings (SSSR count). The minimum Gasteiger partial charge on any atom is -0.414 e. The smallest absolute Gasteiger partial charge is 0.351 e. The highest BCUT2D eigenvalue weighted by Gasteiger charge is 2.57. The lowest BCUT2D eigenvalue weighted by Gasteiger charge is -2.40. The first-order valence-electron chi connectivity index (χ1n) is 9.26. The minimum absolute atomic E-state index is 0.0721. The summed E-state index contributed by atoms with van der Waals surface area (Å²) in [5.74, 6) is 0.405. The van der Waals surface area contributed by atoms with Gasteiger partial charge >= 0.3 is 5.69 Å². The summed E-state index contributed by atoms with van der Waals surface area (Å²) in [6.07, 6.45) is 1.47. The fourth-order valence-corrected chi connectivity index (χ4v) is 4.28. The second-order valence-electron chi connectivity index (χ2n) is 9.16. The maximum absolute atomic E-state index is 14.9. The summed E-state index contributed by atoms with van der Waals surface area (Å²) < 4.78 is 28.7. The van der Waals surface area contributed by atoms with E-state index in [0.717, 1.165) is 12.8 Å². The van der Waals surface area contributed by atoms with Crippen molar-refractivity contribution in [1.29, 1.82) is 0 Å². The van der Waals surface area contributed by atoms with Crippen molar-refractivity contribution in [2.45, 2.75) is 76.2 Å². The number of aromatic nitrogens is 2. The third-order valence-electron chi connectivity index (χ3n) is 6.14. The van der Waals surface area contributed by atoms with Crippen LogP contribution < -0.4 is 11.4 Å². The van der Waals surface area contributed by atoms with E-state index in [2.05, 4.69) is 38.8 Å². The van der Waals surface area contributed by atoms with Crippen molar-refractivity contribution < 1.29 is 13.6 Å². The molecule has 3 atom stereocenters. The van der Waals surface area contributed by atoms with Crippen molar-refractivity contribution in [1.82, 2.24) is 9.55 Å². The summed E-state index contributed by atoms with van der Waals surface area (Å²) in [6, 6.07) is 1.49. The number of ether oxygens (including phenoxy) is 1. The first-order valence-corrected chi connectivity index (χ1v) is 12.2. The van der Waals surface area contributed by atoms with E-state index < -0.39 is 32.0 Å². The van der Waals surface area contributed by atoms with Crippen LogP contribution in [0.4, 0.5) is 10.2 Å². The van der Waals surface area contributed by atoms with Gasteiger partial charge in [-0.25, -0.2) is 9.18 Å². The Morgan fingerprint density at radius 1 is 1.46 bits per heavy atom. The van der Waals surface area contributed by atoms with Crippen molar-refractivity contribution in [3.8, 4) is 0 Å². The highest BCUT2D eigenvalue weighted by Crippen LogP contribution is 2.52.